The minimum atomic E-state index is 0.130. The van der Waals surface area contributed by atoms with Crippen molar-refractivity contribution >= 4 is 11.5 Å². The Morgan fingerprint density at radius 3 is 2.83 bits per heavy atom. The molecule has 0 aliphatic carbocycles. The van der Waals surface area contributed by atoms with Crippen LogP contribution in [0.1, 0.15) is 37.6 Å². The Balaban J connectivity index is 2.16. The molecule has 1 N–H and O–H groups in total. The summed E-state index contributed by atoms with van der Waals surface area (Å²) in [7, 11) is 0. The lowest BCUT2D eigenvalue weighted by Gasteiger charge is -2.25. The number of nitrogens with one attached hydrogen (secondary N) is 1. The van der Waals surface area contributed by atoms with Crippen LogP contribution in [-0.4, -0.2) is 31.0 Å². The Hall–Kier alpha value is -1.35. The molecule has 0 radical (unpaired) electrons. The van der Waals surface area contributed by atoms with E-state index >= 15 is 0 Å². The normalized spacial score (nSPS) is 19.4. The highest BCUT2D eigenvalue weighted by molar-refractivity contribution is 5.94. The zero-order chi connectivity index (χ0) is 13.2. The first kappa shape index (κ1) is 13.1. The number of Topliss-reactive ketones (excluding diaryl/α,β-unsaturated/α-hetero) is 1. The SMILES string of the molecule is CC(=O)c1cccc(N2CCNC(C)(C)CC2)c1. The fourth-order valence-electron chi connectivity index (χ4n) is 2.32. The molecule has 3 heteroatoms. The minimum absolute atomic E-state index is 0.130. The Morgan fingerprint density at radius 2 is 2.11 bits per heavy atom. The number of carbonyl (C=O) groups is 1. The van der Waals surface area contributed by atoms with Crippen molar-refractivity contribution < 1.29 is 4.79 Å². The molecule has 2 rings (SSSR count). The van der Waals surface area contributed by atoms with Gasteiger partial charge in [0.25, 0.3) is 0 Å². The Kier molecular flexibility index (Phi) is 3.71. The van der Waals surface area contributed by atoms with Gasteiger partial charge >= 0.3 is 0 Å². The molecule has 1 heterocycles. The Bertz CT molecular complexity index is 440. The maximum atomic E-state index is 11.4. The van der Waals surface area contributed by atoms with E-state index in [0.717, 1.165) is 37.3 Å². The molecule has 1 aliphatic rings. The molecule has 0 amide bonds. The van der Waals surface area contributed by atoms with Gasteiger partial charge in [-0.05, 0) is 39.3 Å². The molecule has 3 nitrogen and oxygen atoms in total. The molecule has 0 bridgehead atoms. The van der Waals surface area contributed by atoms with Crippen LogP contribution in [0.5, 0.6) is 0 Å². The summed E-state index contributed by atoms with van der Waals surface area (Å²) in [4.78, 5) is 13.8. The van der Waals surface area contributed by atoms with Crippen molar-refractivity contribution in [3.05, 3.63) is 29.8 Å². The number of carbonyl (C=O) groups excluding carboxylic acids is 1. The van der Waals surface area contributed by atoms with E-state index < -0.39 is 0 Å². The maximum Gasteiger partial charge on any atom is 0.159 e. The van der Waals surface area contributed by atoms with Crippen LogP contribution >= 0.6 is 0 Å². The zero-order valence-electron chi connectivity index (χ0n) is 11.5. The van der Waals surface area contributed by atoms with Crippen molar-refractivity contribution in [2.24, 2.45) is 0 Å². The molecule has 0 atom stereocenters. The first-order chi connectivity index (χ1) is 8.48. The van der Waals surface area contributed by atoms with Gasteiger partial charge in [-0.25, -0.2) is 0 Å². The van der Waals surface area contributed by atoms with Gasteiger partial charge in [0.15, 0.2) is 5.78 Å². The lowest BCUT2D eigenvalue weighted by Crippen LogP contribution is -2.39. The number of anilines is 1. The second kappa shape index (κ2) is 5.11. The van der Waals surface area contributed by atoms with Crippen LogP contribution in [0.25, 0.3) is 0 Å². The van der Waals surface area contributed by atoms with Crippen LogP contribution in [0.15, 0.2) is 24.3 Å². The number of ketones is 1. The lowest BCUT2D eigenvalue weighted by molar-refractivity contribution is 0.101. The molecule has 1 fully saturated rings. The lowest BCUT2D eigenvalue weighted by atomic mass is 10.0. The largest absolute Gasteiger partial charge is 0.370 e. The fourth-order valence-corrected chi connectivity index (χ4v) is 2.32. The van der Waals surface area contributed by atoms with Crippen molar-refractivity contribution in [3.63, 3.8) is 0 Å². The second-order valence-electron chi connectivity index (χ2n) is 5.65. The Labute approximate surface area is 109 Å². The summed E-state index contributed by atoms with van der Waals surface area (Å²) >= 11 is 0. The van der Waals surface area contributed by atoms with Crippen LogP contribution < -0.4 is 10.2 Å². The molecular weight excluding hydrogens is 224 g/mol. The van der Waals surface area contributed by atoms with Crippen LogP contribution in [0.4, 0.5) is 5.69 Å². The first-order valence-corrected chi connectivity index (χ1v) is 6.59. The molecular formula is C15H22N2O. The summed E-state index contributed by atoms with van der Waals surface area (Å²) in [6.07, 6.45) is 1.11. The molecule has 0 saturated carbocycles. The highest BCUT2D eigenvalue weighted by Crippen LogP contribution is 2.20. The molecule has 1 aromatic rings. The zero-order valence-corrected chi connectivity index (χ0v) is 11.5. The van der Waals surface area contributed by atoms with Crippen molar-refractivity contribution in [1.29, 1.82) is 0 Å². The number of nitrogens with zero attached hydrogens (tertiary/aromatic N) is 1. The summed E-state index contributed by atoms with van der Waals surface area (Å²) < 4.78 is 0. The summed E-state index contributed by atoms with van der Waals surface area (Å²) in [6.45, 7) is 9.10. The van der Waals surface area contributed by atoms with Gasteiger partial charge in [-0.1, -0.05) is 12.1 Å². The van der Waals surface area contributed by atoms with Crippen LogP contribution in [-0.2, 0) is 0 Å². The highest BCUT2D eigenvalue weighted by Gasteiger charge is 2.22. The topological polar surface area (TPSA) is 32.3 Å². The van der Waals surface area contributed by atoms with Crippen molar-refractivity contribution in [2.75, 3.05) is 24.5 Å². The first-order valence-electron chi connectivity index (χ1n) is 6.59. The quantitative estimate of drug-likeness (QED) is 0.814. The third-order valence-electron chi connectivity index (χ3n) is 3.61. The van der Waals surface area contributed by atoms with E-state index in [1.165, 1.54) is 0 Å². The van der Waals surface area contributed by atoms with Gasteiger partial charge in [-0.15, -0.1) is 0 Å². The molecule has 1 saturated heterocycles. The third-order valence-corrected chi connectivity index (χ3v) is 3.61. The summed E-state index contributed by atoms with van der Waals surface area (Å²) in [6, 6.07) is 7.94. The van der Waals surface area contributed by atoms with Crippen LogP contribution in [0.3, 0.4) is 0 Å². The van der Waals surface area contributed by atoms with E-state index in [0.29, 0.717) is 0 Å². The van der Waals surface area contributed by atoms with Gasteiger partial charge in [-0.3, -0.25) is 4.79 Å². The molecule has 18 heavy (non-hydrogen) atoms. The number of benzene rings is 1. The smallest absolute Gasteiger partial charge is 0.159 e. The van der Waals surface area contributed by atoms with Crippen molar-refractivity contribution in [1.82, 2.24) is 5.32 Å². The third kappa shape index (κ3) is 3.10. The maximum absolute atomic E-state index is 11.4. The van der Waals surface area contributed by atoms with E-state index in [9.17, 15) is 4.79 Å². The molecule has 1 aliphatic heterocycles. The average molecular weight is 246 g/mol. The van der Waals surface area contributed by atoms with E-state index in [4.69, 9.17) is 0 Å². The Morgan fingerprint density at radius 1 is 1.33 bits per heavy atom. The second-order valence-corrected chi connectivity index (χ2v) is 5.65. The molecule has 1 aromatic carbocycles. The summed E-state index contributed by atoms with van der Waals surface area (Å²) in [5, 5.41) is 3.55. The van der Waals surface area contributed by atoms with E-state index in [-0.39, 0.29) is 11.3 Å². The van der Waals surface area contributed by atoms with Gasteiger partial charge in [0.05, 0.1) is 0 Å². The molecule has 0 spiro atoms. The van der Waals surface area contributed by atoms with E-state index in [1.54, 1.807) is 6.92 Å². The summed E-state index contributed by atoms with van der Waals surface area (Å²) in [5.41, 5.74) is 2.15. The predicted octanol–water partition coefficient (Wildman–Crippen LogP) is 2.47. The van der Waals surface area contributed by atoms with Crippen molar-refractivity contribution in [3.8, 4) is 0 Å². The van der Waals surface area contributed by atoms with Gasteiger partial charge in [0.2, 0.25) is 0 Å². The average Bonchev–Trinajstić information content (AvgIpc) is 2.50. The van der Waals surface area contributed by atoms with E-state index in [2.05, 4.69) is 30.1 Å². The predicted molar refractivity (Wildman–Crippen MR) is 75.4 cm³/mol. The van der Waals surface area contributed by atoms with Crippen molar-refractivity contribution in [2.45, 2.75) is 32.7 Å². The van der Waals surface area contributed by atoms with E-state index in [1.807, 2.05) is 18.2 Å². The molecule has 0 unspecified atom stereocenters. The van der Waals surface area contributed by atoms with Gasteiger partial charge < -0.3 is 10.2 Å². The van der Waals surface area contributed by atoms with Gasteiger partial charge in [0.1, 0.15) is 0 Å². The molecule has 98 valence electrons. The van der Waals surface area contributed by atoms with Gasteiger partial charge in [-0.2, -0.15) is 0 Å². The monoisotopic (exact) mass is 246 g/mol. The minimum Gasteiger partial charge on any atom is -0.370 e. The molecule has 0 aromatic heterocycles. The number of rotatable bonds is 2. The summed E-state index contributed by atoms with van der Waals surface area (Å²) in [5.74, 6) is 0.130. The number of hydrogen-bond acceptors (Lipinski definition) is 3. The van der Waals surface area contributed by atoms with Crippen LogP contribution in [0.2, 0.25) is 0 Å². The number of hydrogen-bond donors (Lipinski definition) is 1. The van der Waals surface area contributed by atoms with Gasteiger partial charge in [0, 0.05) is 36.4 Å². The standard InChI is InChI=1S/C15H22N2O/c1-12(18)13-5-4-6-14(11-13)17-9-7-15(2,3)16-8-10-17/h4-6,11,16H,7-10H2,1-3H3. The highest BCUT2D eigenvalue weighted by atomic mass is 16.1. The van der Waals surface area contributed by atoms with Crippen LogP contribution in [0, 0.1) is 0 Å². The fraction of sp³-hybridized carbons (Fsp3) is 0.533.